The van der Waals surface area contributed by atoms with Gasteiger partial charge >= 0.3 is 0 Å². The number of hydrogen-bond acceptors (Lipinski definition) is 3. The first-order valence-electron chi connectivity index (χ1n) is 7.82. The van der Waals surface area contributed by atoms with Crippen molar-refractivity contribution in [1.29, 1.82) is 5.26 Å². The quantitative estimate of drug-likeness (QED) is 0.874. The van der Waals surface area contributed by atoms with Crippen molar-refractivity contribution in [1.82, 2.24) is 0 Å². The molecule has 4 heteroatoms. The monoisotopic (exact) mass is 304 g/mol. The van der Waals surface area contributed by atoms with Gasteiger partial charge in [-0.1, -0.05) is 36.9 Å². The van der Waals surface area contributed by atoms with Crippen molar-refractivity contribution in [2.45, 2.75) is 56.6 Å². The van der Waals surface area contributed by atoms with Crippen molar-refractivity contribution in [2.24, 2.45) is 0 Å². The number of para-hydroxylation sites is 1. The van der Waals surface area contributed by atoms with E-state index in [1.165, 1.54) is 32.1 Å². The van der Waals surface area contributed by atoms with Crippen LogP contribution in [0, 0.1) is 11.3 Å². The van der Waals surface area contributed by atoms with Crippen LogP contribution in [0.3, 0.4) is 0 Å². The van der Waals surface area contributed by atoms with Crippen LogP contribution in [-0.4, -0.2) is 18.2 Å². The van der Waals surface area contributed by atoms with Gasteiger partial charge in [0.05, 0.1) is 21.9 Å². The molecule has 2 fully saturated rings. The molecule has 3 rings (SSSR count). The topological polar surface area (TPSA) is 45.0 Å². The van der Waals surface area contributed by atoms with Crippen molar-refractivity contribution in [2.75, 3.05) is 11.9 Å². The molecule has 1 aliphatic heterocycles. The zero-order valence-corrected chi connectivity index (χ0v) is 13.0. The number of hydrogen-bond donors (Lipinski definition) is 1. The van der Waals surface area contributed by atoms with Gasteiger partial charge in [-0.05, 0) is 37.8 Å². The van der Waals surface area contributed by atoms with E-state index in [0.717, 1.165) is 25.1 Å². The van der Waals surface area contributed by atoms with E-state index in [-0.39, 0.29) is 5.60 Å². The minimum absolute atomic E-state index is 0.0578. The molecule has 3 nitrogen and oxygen atoms in total. The van der Waals surface area contributed by atoms with Crippen LogP contribution >= 0.6 is 11.6 Å². The van der Waals surface area contributed by atoms with Crippen molar-refractivity contribution < 1.29 is 4.74 Å². The van der Waals surface area contributed by atoms with E-state index >= 15 is 0 Å². The van der Waals surface area contributed by atoms with E-state index < -0.39 is 0 Å². The molecule has 2 aliphatic rings. The van der Waals surface area contributed by atoms with Crippen LogP contribution in [0.2, 0.25) is 5.02 Å². The van der Waals surface area contributed by atoms with Crippen molar-refractivity contribution in [3.05, 3.63) is 28.8 Å². The Morgan fingerprint density at radius 3 is 2.86 bits per heavy atom. The maximum Gasteiger partial charge on any atom is 0.101 e. The van der Waals surface area contributed by atoms with Crippen LogP contribution in [0.1, 0.15) is 50.5 Å². The van der Waals surface area contributed by atoms with E-state index in [0.29, 0.717) is 16.6 Å². The Hall–Kier alpha value is -1.24. The predicted octanol–water partition coefficient (Wildman–Crippen LogP) is 4.51. The molecule has 0 radical (unpaired) electrons. The van der Waals surface area contributed by atoms with E-state index in [1.807, 2.05) is 18.2 Å². The first kappa shape index (κ1) is 14.7. The number of benzene rings is 1. The van der Waals surface area contributed by atoms with Gasteiger partial charge in [-0.3, -0.25) is 0 Å². The van der Waals surface area contributed by atoms with Gasteiger partial charge in [0.1, 0.15) is 6.07 Å². The largest absolute Gasteiger partial charge is 0.380 e. The molecule has 1 atom stereocenters. The van der Waals surface area contributed by atoms with Gasteiger partial charge in [0.15, 0.2) is 0 Å². The number of ether oxygens (including phenoxy) is 1. The second-order valence-electron chi connectivity index (χ2n) is 6.20. The third kappa shape index (κ3) is 3.17. The first-order valence-corrected chi connectivity index (χ1v) is 8.19. The van der Waals surface area contributed by atoms with Crippen LogP contribution in [0.4, 0.5) is 5.69 Å². The molecular formula is C17H21ClN2O. The van der Waals surface area contributed by atoms with Crippen LogP contribution in [0.25, 0.3) is 0 Å². The molecule has 1 heterocycles. The Labute approximate surface area is 131 Å². The number of rotatable bonds is 2. The lowest BCUT2D eigenvalue weighted by molar-refractivity contribution is -0.103. The van der Waals surface area contributed by atoms with E-state index in [4.69, 9.17) is 16.3 Å². The highest BCUT2D eigenvalue weighted by atomic mass is 35.5. The van der Waals surface area contributed by atoms with Gasteiger partial charge in [0.2, 0.25) is 0 Å². The number of nitrogens with one attached hydrogen (secondary N) is 1. The first-order chi connectivity index (χ1) is 10.2. The van der Waals surface area contributed by atoms with E-state index in [2.05, 4.69) is 11.4 Å². The Morgan fingerprint density at radius 1 is 1.29 bits per heavy atom. The summed E-state index contributed by atoms with van der Waals surface area (Å²) in [6, 6.07) is 8.02. The normalized spacial score (nSPS) is 24.5. The zero-order valence-electron chi connectivity index (χ0n) is 12.2. The Balaban J connectivity index is 1.75. The fourth-order valence-corrected chi connectivity index (χ4v) is 3.89. The zero-order chi connectivity index (χ0) is 14.7. The third-order valence-corrected chi connectivity index (χ3v) is 5.06. The molecule has 1 aromatic rings. The average Bonchev–Trinajstić information content (AvgIpc) is 2.50. The molecular weight excluding hydrogens is 284 g/mol. The number of nitriles is 1. The molecule has 1 saturated heterocycles. The molecule has 1 aliphatic carbocycles. The van der Waals surface area contributed by atoms with Crippen molar-refractivity contribution in [3.8, 4) is 6.07 Å². The van der Waals surface area contributed by atoms with E-state index in [9.17, 15) is 5.26 Å². The summed E-state index contributed by atoms with van der Waals surface area (Å²) in [5, 5.41) is 13.4. The molecule has 112 valence electrons. The summed E-state index contributed by atoms with van der Waals surface area (Å²) in [5.74, 6) is 0. The van der Waals surface area contributed by atoms with Gasteiger partial charge in [-0.15, -0.1) is 0 Å². The highest BCUT2D eigenvalue weighted by molar-refractivity contribution is 6.33. The summed E-state index contributed by atoms with van der Waals surface area (Å²) in [6.45, 7) is 0.796. The molecule has 1 aromatic carbocycles. The van der Waals surface area contributed by atoms with Crippen molar-refractivity contribution in [3.63, 3.8) is 0 Å². The SMILES string of the molecule is N#Cc1cccc(Cl)c1NC1CCOC2(CCCCC2)C1. The molecule has 1 spiro atoms. The fourth-order valence-electron chi connectivity index (χ4n) is 3.66. The number of anilines is 1. The smallest absolute Gasteiger partial charge is 0.101 e. The Bertz CT molecular complexity index is 541. The molecule has 1 N–H and O–H groups in total. The van der Waals surface area contributed by atoms with Gasteiger partial charge in [-0.2, -0.15) is 5.26 Å². The fraction of sp³-hybridized carbons (Fsp3) is 0.588. The summed E-state index contributed by atoms with van der Waals surface area (Å²) in [5.41, 5.74) is 1.45. The average molecular weight is 305 g/mol. The maximum atomic E-state index is 9.24. The van der Waals surface area contributed by atoms with Gasteiger partial charge in [0, 0.05) is 12.6 Å². The Morgan fingerprint density at radius 2 is 2.10 bits per heavy atom. The summed E-state index contributed by atoms with van der Waals surface area (Å²) < 4.78 is 6.12. The minimum Gasteiger partial charge on any atom is -0.380 e. The number of halogens is 1. The number of nitrogens with zero attached hydrogens (tertiary/aromatic N) is 1. The lowest BCUT2D eigenvalue weighted by Crippen LogP contribution is -2.45. The molecule has 1 saturated carbocycles. The highest BCUT2D eigenvalue weighted by Crippen LogP contribution is 2.40. The van der Waals surface area contributed by atoms with Crippen LogP contribution in [0.5, 0.6) is 0 Å². The molecule has 1 unspecified atom stereocenters. The van der Waals surface area contributed by atoms with Crippen LogP contribution < -0.4 is 5.32 Å². The summed E-state index contributed by atoms with van der Waals surface area (Å²) in [4.78, 5) is 0. The lowest BCUT2D eigenvalue weighted by Gasteiger charge is -2.44. The molecule has 0 aromatic heterocycles. The standard InChI is InChI=1S/C17H21ClN2O/c18-15-6-4-5-13(12-19)16(15)20-14-7-10-21-17(11-14)8-2-1-3-9-17/h4-6,14,20H,1-3,7-11H2. The molecule has 21 heavy (non-hydrogen) atoms. The van der Waals surface area contributed by atoms with Crippen LogP contribution in [0.15, 0.2) is 18.2 Å². The minimum atomic E-state index is 0.0578. The van der Waals surface area contributed by atoms with Gasteiger partial charge < -0.3 is 10.1 Å². The highest BCUT2D eigenvalue weighted by Gasteiger charge is 2.38. The molecule has 0 amide bonds. The van der Waals surface area contributed by atoms with Crippen LogP contribution in [-0.2, 0) is 4.74 Å². The lowest BCUT2D eigenvalue weighted by atomic mass is 9.78. The second kappa shape index (κ2) is 6.25. The van der Waals surface area contributed by atoms with Gasteiger partial charge in [0.25, 0.3) is 0 Å². The Kier molecular flexibility index (Phi) is 4.37. The predicted molar refractivity (Wildman–Crippen MR) is 84.6 cm³/mol. The summed E-state index contributed by atoms with van der Waals surface area (Å²) >= 11 is 6.26. The van der Waals surface area contributed by atoms with Crippen molar-refractivity contribution >= 4 is 17.3 Å². The van der Waals surface area contributed by atoms with Gasteiger partial charge in [-0.25, -0.2) is 0 Å². The molecule has 0 bridgehead atoms. The summed E-state index contributed by atoms with van der Waals surface area (Å²) in [7, 11) is 0. The second-order valence-corrected chi connectivity index (χ2v) is 6.61. The summed E-state index contributed by atoms with van der Waals surface area (Å²) in [6.07, 6.45) is 8.18. The maximum absolute atomic E-state index is 9.24. The third-order valence-electron chi connectivity index (χ3n) is 4.74. The van der Waals surface area contributed by atoms with E-state index in [1.54, 1.807) is 0 Å².